The van der Waals surface area contributed by atoms with Crippen LogP contribution in [-0.2, 0) is 9.53 Å². The minimum atomic E-state index is 0.0378. The number of methoxy groups -OCH3 is 1. The van der Waals surface area contributed by atoms with Crippen LogP contribution in [0.2, 0.25) is 5.02 Å². The number of hydrogen-bond acceptors (Lipinski definition) is 3. The molecule has 0 aliphatic carbocycles. The monoisotopic (exact) mass is 297 g/mol. The topological polar surface area (TPSA) is 38.8 Å². The fraction of sp³-hybridized carbons (Fsp3) is 0.533. The van der Waals surface area contributed by atoms with Crippen molar-refractivity contribution in [1.82, 2.24) is 4.90 Å². The van der Waals surface area contributed by atoms with E-state index in [4.69, 9.17) is 21.1 Å². The summed E-state index contributed by atoms with van der Waals surface area (Å²) in [5, 5.41) is 0.656. The van der Waals surface area contributed by atoms with Crippen LogP contribution >= 0.6 is 11.6 Å². The average molecular weight is 298 g/mol. The lowest BCUT2D eigenvalue weighted by Gasteiger charge is -2.31. The highest BCUT2D eigenvalue weighted by molar-refractivity contribution is 6.30. The third-order valence-corrected chi connectivity index (χ3v) is 3.80. The van der Waals surface area contributed by atoms with Gasteiger partial charge in [0.1, 0.15) is 5.75 Å². The largest absolute Gasteiger partial charge is 0.484 e. The number of carbonyl (C=O) groups is 1. The van der Waals surface area contributed by atoms with E-state index in [0.717, 1.165) is 32.5 Å². The van der Waals surface area contributed by atoms with Crippen LogP contribution < -0.4 is 4.74 Å². The van der Waals surface area contributed by atoms with E-state index in [-0.39, 0.29) is 12.5 Å². The molecule has 0 aromatic heterocycles. The molecule has 1 heterocycles. The summed E-state index contributed by atoms with van der Waals surface area (Å²) in [6.07, 6.45) is 2.00. The van der Waals surface area contributed by atoms with Crippen molar-refractivity contribution in [3.05, 3.63) is 29.3 Å². The van der Waals surface area contributed by atoms with Crippen LogP contribution in [0.1, 0.15) is 12.8 Å². The van der Waals surface area contributed by atoms with Gasteiger partial charge in [-0.25, -0.2) is 0 Å². The zero-order valence-corrected chi connectivity index (χ0v) is 12.4. The van der Waals surface area contributed by atoms with Crippen molar-refractivity contribution in [3.8, 4) is 5.75 Å². The van der Waals surface area contributed by atoms with E-state index in [9.17, 15) is 4.79 Å². The number of carbonyl (C=O) groups excluding carboxylic acids is 1. The minimum Gasteiger partial charge on any atom is -0.484 e. The summed E-state index contributed by atoms with van der Waals surface area (Å²) in [4.78, 5) is 13.9. The average Bonchev–Trinajstić information content (AvgIpc) is 2.47. The van der Waals surface area contributed by atoms with Crippen LogP contribution in [-0.4, -0.2) is 44.2 Å². The maximum absolute atomic E-state index is 12.0. The summed E-state index contributed by atoms with van der Waals surface area (Å²) in [6, 6.07) is 7.02. The lowest BCUT2D eigenvalue weighted by Crippen LogP contribution is -2.41. The second kappa shape index (κ2) is 7.50. The highest BCUT2D eigenvalue weighted by atomic mass is 35.5. The molecule has 4 nitrogen and oxygen atoms in total. The number of rotatable bonds is 5. The van der Waals surface area contributed by atoms with Crippen molar-refractivity contribution in [2.45, 2.75) is 12.8 Å². The van der Waals surface area contributed by atoms with Crippen molar-refractivity contribution >= 4 is 17.5 Å². The van der Waals surface area contributed by atoms with Crippen molar-refractivity contribution < 1.29 is 14.3 Å². The van der Waals surface area contributed by atoms with Crippen molar-refractivity contribution in [3.63, 3.8) is 0 Å². The molecule has 1 fully saturated rings. The molecule has 0 unspecified atom stereocenters. The third kappa shape index (κ3) is 4.39. The molecular weight excluding hydrogens is 278 g/mol. The molecule has 1 amide bonds. The van der Waals surface area contributed by atoms with Crippen molar-refractivity contribution in [2.24, 2.45) is 5.92 Å². The van der Waals surface area contributed by atoms with Gasteiger partial charge in [-0.15, -0.1) is 0 Å². The van der Waals surface area contributed by atoms with E-state index in [1.54, 1.807) is 31.4 Å². The van der Waals surface area contributed by atoms with Crippen LogP contribution in [0.25, 0.3) is 0 Å². The lowest BCUT2D eigenvalue weighted by molar-refractivity contribution is -0.135. The van der Waals surface area contributed by atoms with E-state index in [1.165, 1.54) is 0 Å². The van der Waals surface area contributed by atoms with Gasteiger partial charge in [-0.1, -0.05) is 11.6 Å². The van der Waals surface area contributed by atoms with Gasteiger partial charge in [0.05, 0.1) is 0 Å². The van der Waals surface area contributed by atoms with Crippen LogP contribution in [0.4, 0.5) is 0 Å². The number of benzene rings is 1. The molecule has 1 aromatic carbocycles. The molecule has 0 N–H and O–H groups in total. The standard InChI is InChI=1S/C15H20ClNO3/c1-19-10-12-6-8-17(9-7-12)15(18)11-20-14-4-2-13(16)3-5-14/h2-5,12H,6-11H2,1H3. The van der Waals surface area contributed by atoms with Gasteiger partial charge >= 0.3 is 0 Å². The predicted octanol–water partition coefficient (Wildman–Crippen LogP) is 2.60. The second-order valence-corrected chi connectivity index (χ2v) is 5.46. The smallest absolute Gasteiger partial charge is 0.260 e. The third-order valence-electron chi connectivity index (χ3n) is 3.55. The molecule has 2 rings (SSSR count). The molecular formula is C15H20ClNO3. The van der Waals surface area contributed by atoms with Gasteiger partial charge < -0.3 is 14.4 Å². The molecule has 0 spiro atoms. The molecule has 110 valence electrons. The van der Waals surface area contributed by atoms with Gasteiger partial charge in [-0.3, -0.25) is 4.79 Å². The van der Waals surface area contributed by atoms with E-state index in [0.29, 0.717) is 16.7 Å². The number of likely N-dealkylation sites (tertiary alicyclic amines) is 1. The molecule has 1 aromatic rings. The Morgan fingerprint density at radius 1 is 1.30 bits per heavy atom. The number of nitrogens with zero attached hydrogens (tertiary/aromatic N) is 1. The maximum Gasteiger partial charge on any atom is 0.260 e. The molecule has 0 atom stereocenters. The number of halogens is 1. The Morgan fingerprint density at radius 3 is 2.55 bits per heavy atom. The molecule has 5 heteroatoms. The number of amides is 1. The van der Waals surface area contributed by atoms with Crippen molar-refractivity contribution in [1.29, 1.82) is 0 Å². The molecule has 20 heavy (non-hydrogen) atoms. The van der Waals surface area contributed by atoms with Gasteiger partial charge in [0.15, 0.2) is 6.61 Å². The predicted molar refractivity (Wildman–Crippen MR) is 78.1 cm³/mol. The van der Waals surface area contributed by atoms with Crippen LogP contribution in [0.15, 0.2) is 24.3 Å². The zero-order valence-electron chi connectivity index (χ0n) is 11.7. The first kappa shape index (κ1) is 15.1. The second-order valence-electron chi connectivity index (χ2n) is 5.02. The fourth-order valence-electron chi connectivity index (χ4n) is 2.35. The van der Waals surface area contributed by atoms with E-state index in [1.807, 2.05) is 4.90 Å². The summed E-state index contributed by atoms with van der Waals surface area (Å²) in [5.41, 5.74) is 0. The molecule has 0 saturated carbocycles. The van der Waals surface area contributed by atoms with Crippen LogP contribution in [0.5, 0.6) is 5.75 Å². The highest BCUT2D eigenvalue weighted by Crippen LogP contribution is 2.18. The number of piperidine rings is 1. The Balaban J connectivity index is 1.74. The van der Waals surface area contributed by atoms with E-state index in [2.05, 4.69) is 0 Å². The van der Waals surface area contributed by atoms with Crippen molar-refractivity contribution in [2.75, 3.05) is 33.4 Å². The quantitative estimate of drug-likeness (QED) is 0.838. The Kier molecular flexibility index (Phi) is 5.68. The van der Waals surface area contributed by atoms with Gasteiger partial charge in [-0.2, -0.15) is 0 Å². The van der Waals surface area contributed by atoms with Gasteiger partial charge in [0.2, 0.25) is 0 Å². The molecule has 1 saturated heterocycles. The van der Waals surface area contributed by atoms with E-state index >= 15 is 0 Å². The lowest BCUT2D eigenvalue weighted by atomic mass is 9.98. The van der Waals surface area contributed by atoms with E-state index < -0.39 is 0 Å². The number of hydrogen-bond donors (Lipinski definition) is 0. The Bertz CT molecular complexity index is 427. The Morgan fingerprint density at radius 2 is 1.95 bits per heavy atom. The Hall–Kier alpha value is -1.26. The van der Waals surface area contributed by atoms with Crippen LogP contribution in [0, 0.1) is 5.92 Å². The normalized spacial score (nSPS) is 16.2. The summed E-state index contributed by atoms with van der Waals surface area (Å²) in [6.45, 7) is 2.44. The first-order valence-corrected chi connectivity index (χ1v) is 7.22. The highest BCUT2D eigenvalue weighted by Gasteiger charge is 2.22. The zero-order chi connectivity index (χ0) is 14.4. The van der Waals surface area contributed by atoms with Gasteiger partial charge in [-0.05, 0) is 43.0 Å². The molecule has 1 aliphatic heterocycles. The Labute approximate surface area is 124 Å². The first-order valence-electron chi connectivity index (χ1n) is 6.84. The summed E-state index contributed by atoms with van der Waals surface area (Å²) < 4.78 is 10.6. The molecule has 0 bridgehead atoms. The van der Waals surface area contributed by atoms with Gasteiger partial charge in [0, 0.05) is 31.8 Å². The SMILES string of the molecule is COCC1CCN(C(=O)COc2ccc(Cl)cc2)CC1. The summed E-state index contributed by atoms with van der Waals surface area (Å²) >= 11 is 5.79. The summed E-state index contributed by atoms with van der Waals surface area (Å²) in [5.74, 6) is 1.27. The number of ether oxygens (including phenoxy) is 2. The maximum atomic E-state index is 12.0. The summed E-state index contributed by atoms with van der Waals surface area (Å²) in [7, 11) is 1.72. The first-order chi connectivity index (χ1) is 9.69. The molecule has 1 aliphatic rings. The fourth-order valence-corrected chi connectivity index (χ4v) is 2.48. The van der Waals surface area contributed by atoms with Crippen LogP contribution in [0.3, 0.4) is 0 Å². The minimum absolute atomic E-state index is 0.0378. The van der Waals surface area contributed by atoms with Gasteiger partial charge in [0.25, 0.3) is 5.91 Å². The molecule has 0 radical (unpaired) electrons.